The third-order valence-corrected chi connectivity index (χ3v) is 14.3. The quantitative estimate of drug-likeness (QED) is 0.368. The summed E-state index contributed by atoms with van der Waals surface area (Å²) in [4.78, 5) is 29.8. The Morgan fingerprint density at radius 1 is 1.07 bits per heavy atom. The van der Waals surface area contributed by atoms with Crippen LogP contribution < -0.4 is 5.32 Å². The second-order valence-corrected chi connectivity index (χ2v) is 17.4. The SMILES string of the molecule is COC(CN(C)C(=O)CN[C@]12CCC(C)(C)C[C@H]1[C@H]1C(=O)C=C3[C@@]4(C)Cc5cnoc5C(C)(C)[C@@H]4CC[C@@]3(C)[C@]1(C)CC2)OC. The first kappa shape index (κ1) is 32.9. The maximum atomic E-state index is 14.8. The molecule has 0 bridgehead atoms. The van der Waals surface area contributed by atoms with Crippen molar-refractivity contribution in [1.29, 1.82) is 0 Å². The average molecular weight is 624 g/mol. The first-order valence-electron chi connectivity index (χ1n) is 17.2. The van der Waals surface area contributed by atoms with Gasteiger partial charge in [0.2, 0.25) is 5.91 Å². The fourth-order valence-corrected chi connectivity index (χ4v) is 11.6. The predicted molar refractivity (Wildman–Crippen MR) is 173 cm³/mol. The van der Waals surface area contributed by atoms with Crippen molar-refractivity contribution in [3.05, 3.63) is 29.2 Å². The molecule has 1 aromatic heterocycles. The number of carbonyl (C=O) groups excluding carboxylic acids is 2. The number of methoxy groups -OCH3 is 2. The highest BCUT2D eigenvalue weighted by Crippen LogP contribution is 2.73. The van der Waals surface area contributed by atoms with E-state index < -0.39 is 6.29 Å². The molecule has 0 aliphatic heterocycles. The van der Waals surface area contributed by atoms with E-state index in [0.717, 1.165) is 57.1 Å². The number of nitrogens with one attached hydrogen (secondary N) is 1. The Morgan fingerprint density at radius 2 is 1.76 bits per heavy atom. The van der Waals surface area contributed by atoms with Crippen molar-refractivity contribution in [3.8, 4) is 0 Å². The number of rotatable bonds is 7. The van der Waals surface area contributed by atoms with Gasteiger partial charge in [-0.1, -0.05) is 59.2 Å². The van der Waals surface area contributed by atoms with Gasteiger partial charge in [0.15, 0.2) is 12.1 Å². The van der Waals surface area contributed by atoms with Crippen molar-refractivity contribution in [2.24, 2.45) is 39.4 Å². The monoisotopic (exact) mass is 623 g/mol. The summed E-state index contributed by atoms with van der Waals surface area (Å²) >= 11 is 0. The number of ether oxygens (including phenoxy) is 2. The third-order valence-electron chi connectivity index (χ3n) is 14.3. The highest BCUT2D eigenvalue weighted by atomic mass is 16.7. The molecule has 5 aliphatic rings. The normalized spacial score (nSPS) is 39.6. The molecule has 5 aliphatic carbocycles. The molecule has 1 aromatic rings. The summed E-state index contributed by atoms with van der Waals surface area (Å²) in [5.74, 6) is 1.83. The first-order chi connectivity index (χ1) is 21.0. The molecule has 250 valence electrons. The lowest BCUT2D eigenvalue weighted by molar-refractivity contribution is -0.162. The van der Waals surface area contributed by atoms with E-state index in [4.69, 9.17) is 14.0 Å². The lowest BCUT2D eigenvalue weighted by atomic mass is 9.34. The number of nitrogens with zero attached hydrogens (tertiary/aromatic N) is 2. The fraction of sp³-hybridized carbons (Fsp3) is 0.811. The van der Waals surface area contributed by atoms with E-state index in [-0.39, 0.29) is 56.9 Å². The van der Waals surface area contributed by atoms with Gasteiger partial charge in [-0.25, -0.2) is 0 Å². The van der Waals surface area contributed by atoms with Crippen LogP contribution in [0.3, 0.4) is 0 Å². The first-order valence-corrected chi connectivity index (χ1v) is 17.2. The van der Waals surface area contributed by atoms with Crippen LogP contribution in [-0.4, -0.2) is 67.9 Å². The molecule has 0 saturated heterocycles. The molecule has 0 unspecified atom stereocenters. The van der Waals surface area contributed by atoms with Gasteiger partial charge in [0.25, 0.3) is 0 Å². The van der Waals surface area contributed by atoms with Gasteiger partial charge in [-0.05, 0) is 90.9 Å². The van der Waals surface area contributed by atoms with Crippen molar-refractivity contribution in [2.75, 3.05) is 34.4 Å². The molecule has 8 heteroatoms. The number of hydrogen-bond acceptors (Lipinski definition) is 7. The zero-order chi connectivity index (χ0) is 32.8. The maximum absolute atomic E-state index is 14.8. The number of ketones is 1. The summed E-state index contributed by atoms with van der Waals surface area (Å²) in [6, 6.07) is 0. The Kier molecular flexibility index (Phi) is 7.85. The molecular formula is C37H57N3O5. The molecule has 0 spiro atoms. The Morgan fingerprint density at radius 3 is 2.44 bits per heavy atom. The number of likely N-dealkylation sites (N-methyl/N-ethyl adjacent to an activating group) is 1. The van der Waals surface area contributed by atoms with Crippen LogP contribution in [0.25, 0.3) is 0 Å². The molecule has 1 amide bonds. The second kappa shape index (κ2) is 10.7. The smallest absolute Gasteiger partial charge is 0.236 e. The summed E-state index contributed by atoms with van der Waals surface area (Å²) in [7, 11) is 4.98. The molecule has 8 nitrogen and oxygen atoms in total. The van der Waals surface area contributed by atoms with Crippen molar-refractivity contribution >= 4 is 11.7 Å². The summed E-state index contributed by atoms with van der Waals surface area (Å²) < 4.78 is 16.5. The molecule has 6 rings (SSSR count). The maximum Gasteiger partial charge on any atom is 0.236 e. The zero-order valence-corrected chi connectivity index (χ0v) is 29.5. The lowest BCUT2D eigenvalue weighted by Crippen LogP contribution is -2.69. The summed E-state index contributed by atoms with van der Waals surface area (Å²) in [5, 5.41) is 8.05. The van der Waals surface area contributed by atoms with Crippen LogP contribution in [-0.2, 0) is 30.9 Å². The van der Waals surface area contributed by atoms with Crippen molar-refractivity contribution < 1.29 is 23.6 Å². The van der Waals surface area contributed by atoms with Gasteiger partial charge < -0.3 is 24.2 Å². The Balaban J connectivity index is 1.35. The molecule has 3 saturated carbocycles. The van der Waals surface area contributed by atoms with Crippen molar-refractivity contribution in [1.82, 2.24) is 15.4 Å². The van der Waals surface area contributed by atoms with Gasteiger partial charge in [0, 0.05) is 43.7 Å². The van der Waals surface area contributed by atoms with E-state index in [9.17, 15) is 9.59 Å². The molecule has 0 radical (unpaired) electrons. The average Bonchev–Trinajstić information content (AvgIpc) is 3.45. The zero-order valence-electron chi connectivity index (χ0n) is 29.5. The minimum absolute atomic E-state index is 0.0174. The van der Waals surface area contributed by atoms with E-state index in [1.54, 1.807) is 26.2 Å². The van der Waals surface area contributed by atoms with Gasteiger partial charge >= 0.3 is 0 Å². The van der Waals surface area contributed by atoms with Crippen LogP contribution >= 0.6 is 0 Å². The number of hydrogen-bond donors (Lipinski definition) is 1. The van der Waals surface area contributed by atoms with Gasteiger partial charge in [-0.15, -0.1) is 0 Å². The van der Waals surface area contributed by atoms with Crippen LogP contribution in [0.4, 0.5) is 0 Å². The highest BCUT2D eigenvalue weighted by molar-refractivity contribution is 5.95. The van der Waals surface area contributed by atoms with Crippen LogP contribution in [0.5, 0.6) is 0 Å². The lowest BCUT2D eigenvalue weighted by Gasteiger charge is -2.69. The minimum atomic E-state index is -0.458. The number of aromatic nitrogens is 1. The van der Waals surface area contributed by atoms with Gasteiger partial charge in [-0.3, -0.25) is 9.59 Å². The Hall–Kier alpha value is -2.03. The minimum Gasteiger partial charge on any atom is -0.361 e. The number of fused-ring (bicyclic) bond motifs is 8. The molecule has 1 heterocycles. The topological polar surface area (TPSA) is 93.9 Å². The van der Waals surface area contributed by atoms with Crippen LogP contribution in [0, 0.1) is 39.4 Å². The highest BCUT2D eigenvalue weighted by Gasteiger charge is 2.70. The van der Waals surface area contributed by atoms with Crippen molar-refractivity contribution in [3.63, 3.8) is 0 Å². The number of amides is 1. The van der Waals surface area contributed by atoms with Gasteiger partial charge in [0.1, 0.15) is 5.76 Å². The Labute approximate surface area is 270 Å². The van der Waals surface area contributed by atoms with E-state index >= 15 is 0 Å². The van der Waals surface area contributed by atoms with Crippen LogP contribution in [0.2, 0.25) is 0 Å². The molecule has 3 fully saturated rings. The van der Waals surface area contributed by atoms with E-state index in [0.29, 0.717) is 18.2 Å². The van der Waals surface area contributed by atoms with Gasteiger partial charge in [-0.2, -0.15) is 0 Å². The van der Waals surface area contributed by atoms with Crippen LogP contribution in [0.15, 0.2) is 22.4 Å². The third kappa shape index (κ3) is 4.74. The second-order valence-electron chi connectivity index (χ2n) is 17.4. The molecule has 1 N–H and O–H groups in total. The molecular weight excluding hydrogens is 566 g/mol. The summed E-state index contributed by atoms with van der Waals surface area (Å²) in [6.45, 7) is 17.3. The van der Waals surface area contributed by atoms with E-state index in [1.807, 2.05) is 6.20 Å². The predicted octanol–water partition coefficient (Wildman–Crippen LogP) is 6.09. The molecule has 45 heavy (non-hydrogen) atoms. The van der Waals surface area contributed by atoms with Gasteiger partial charge in [0.05, 0.1) is 19.3 Å². The molecule has 0 aromatic carbocycles. The number of carbonyl (C=O) groups is 2. The van der Waals surface area contributed by atoms with Crippen molar-refractivity contribution in [2.45, 2.75) is 117 Å². The standard InChI is InChI=1S/C37H57N3O5/c1-32(2)13-15-37(38-21-28(42)40(8)22-29(43-9)44-10)16-14-36(7)30(24(37)19-32)25(41)17-27-34(5)18-23-20-39-45-31(23)33(3,4)26(34)11-12-35(27,36)6/h17,20,24,26,29-30,38H,11-16,18-19,21-22H2,1-10H3/t24-,26-,30-,34-,35+,36+,37-/m0/s1. The largest absolute Gasteiger partial charge is 0.361 e. The summed E-state index contributed by atoms with van der Waals surface area (Å²) in [6.07, 6.45) is 11.7. The molecule has 7 atom stereocenters. The summed E-state index contributed by atoms with van der Waals surface area (Å²) in [5.41, 5.74) is 1.96. The Bertz CT molecular complexity index is 1380. The van der Waals surface area contributed by atoms with E-state index in [1.165, 1.54) is 11.1 Å². The fourth-order valence-electron chi connectivity index (χ4n) is 11.6. The van der Waals surface area contributed by atoms with Crippen LogP contribution in [0.1, 0.15) is 105 Å². The van der Waals surface area contributed by atoms with E-state index in [2.05, 4.69) is 65.0 Å². The number of allylic oxidation sites excluding steroid dienone is 2.